The van der Waals surface area contributed by atoms with Crippen molar-refractivity contribution in [3.05, 3.63) is 34.9 Å². The smallest absolute Gasteiger partial charge is 0.230 e. The van der Waals surface area contributed by atoms with E-state index in [4.69, 9.17) is 11.6 Å². The summed E-state index contributed by atoms with van der Waals surface area (Å²) in [4.78, 5) is 12.5. The first-order chi connectivity index (χ1) is 8.54. The molecule has 18 heavy (non-hydrogen) atoms. The van der Waals surface area contributed by atoms with Gasteiger partial charge in [-0.15, -0.1) is 0 Å². The molecule has 0 heterocycles. The van der Waals surface area contributed by atoms with Crippen LogP contribution in [0.15, 0.2) is 24.3 Å². The molecule has 1 aliphatic rings. The summed E-state index contributed by atoms with van der Waals surface area (Å²) in [6.07, 6.45) is 4.11. The summed E-state index contributed by atoms with van der Waals surface area (Å²) >= 11 is 5.93. The zero-order chi connectivity index (χ0) is 13.2. The van der Waals surface area contributed by atoms with Crippen molar-refractivity contribution in [1.29, 1.82) is 0 Å². The van der Waals surface area contributed by atoms with Crippen LogP contribution in [-0.2, 0) is 10.2 Å². The lowest BCUT2D eigenvalue weighted by Gasteiger charge is -2.29. The minimum Gasteiger partial charge on any atom is -0.353 e. The van der Waals surface area contributed by atoms with Gasteiger partial charge < -0.3 is 5.32 Å². The predicted octanol–water partition coefficient (Wildman–Crippen LogP) is 3.68. The van der Waals surface area contributed by atoms with Gasteiger partial charge in [0.05, 0.1) is 5.41 Å². The Hall–Kier alpha value is -1.02. The molecule has 0 aromatic heterocycles. The number of halogens is 1. The average Bonchev–Trinajstić information content (AvgIpc) is 2.79. The number of amides is 1. The number of hydrogen-bond acceptors (Lipinski definition) is 1. The fraction of sp³-hybridized carbons (Fsp3) is 0.533. The van der Waals surface area contributed by atoms with Gasteiger partial charge in [0.2, 0.25) is 5.91 Å². The summed E-state index contributed by atoms with van der Waals surface area (Å²) in [6.45, 7) is 4.00. The summed E-state index contributed by atoms with van der Waals surface area (Å²) < 4.78 is 0. The Balaban J connectivity index is 2.32. The van der Waals surface area contributed by atoms with Gasteiger partial charge in [0.25, 0.3) is 0 Å². The molecular weight excluding hydrogens is 246 g/mol. The Morgan fingerprint density at radius 1 is 1.22 bits per heavy atom. The van der Waals surface area contributed by atoms with Gasteiger partial charge in [-0.2, -0.15) is 0 Å². The van der Waals surface area contributed by atoms with Crippen molar-refractivity contribution in [3.63, 3.8) is 0 Å². The maximum Gasteiger partial charge on any atom is 0.230 e. The molecule has 0 radical (unpaired) electrons. The zero-order valence-corrected chi connectivity index (χ0v) is 11.8. The van der Waals surface area contributed by atoms with Crippen molar-refractivity contribution in [2.75, 3.05) is 0 Å². The van der Waals surface area contributed by atoms with Crippen molar-refractivity contribution >= 4 is 17.5 Å². The first kappa shape index (κ1) is 13.4. The summed E-state index contributed by atoms with van der Waals surface area (Å²) in [5, 5.41) is 3.79. The standard InChI is InChI=1S/C15H20ClNO/c1-11(2)17-14(18)15(9-3-4-10-15)12-5-7-13(16)8-6-12/h5-8,11H,3-4,9-10H2,1-2H3,(H,17,18). The number of rotatable bonds is 3. The number of benzene rings is 1. The SMILES string of the molecule is CC(C)NC(=O)C1(c2ccc(Cl)cc2)CCCC1. The Morgan fingerprint density at radius 3 is 2.28 bits per heavy atom. The maximum absolute atomic E-state index is 12.5. The van der Waals surface area contributed by atoms with Crippen molar-refractivity contribution in [2.45, 2.75) is 51.0 Å². The molecule has 0 saturated heterocycles. The second-order valence-corrected chi connectivity index (χ2v) is 5.86. The van der Waals surface area contributed by atoms with E-state index in [2.05, 4.69) is 5.32 Å². The van der Waals surface area contributed by atoms with Crippen LogP contribution in [0.5, 0.6) is 0 Å². The molecule has 1 fully saturated rings. The van der Waals surface area contributed by atoms with Gasteiger partial charge in [-0.05, 0) is 44.4 Å². The van der Waals surface area contributed by atoms with Gasteiger partial charge in [0.15, 0.2) is 0 Å². The van der Waals surface area contributed by atoms with Gasteiger partial charge in [-0.3, -0.25) is 4.79 Å². The number of hydrogen-bond donors (Lipinski definition) is 1. The molecule has 3 heteroatoms. The molecule has 98 valence electrons. The van der Waals surface area contributed by atoms with Crippen molar-refractivity contribution in [1.82, 2.24) is 5.32 Å². The van der Waals surface area contributed by atoms with Crippen LogP contribution in [-0.4, -0.2) is 11.9 Å². The van der Waals surface area contributed by atoms with Crippen LogP contribution in [0.25, 0.3) is 0 Å². The zero-order valence-electron chi connectivity index (χ0n) is 11.0. The van der Waals surface area contributed by atoms with E-state index in [1.165, 1.54) is 0 Å². The highest BCUT2D eigenvalue weighted by Crippen LogP contribution is 2.41. The number of carbonyl (C=O) groups excluding carboxylic acids is 1. The molecule has 1 aromatic carbocycles. The van der Waals surface area contributed by atoms with E-state index in [1.807, 2.05) is 38.1 Å². The first-order valence-electron chi connectivity index (χ1n) is 6.61. The molecule has 0 unspecified atom stereocenters. The molecule has 2 nitrogen and oxygen atoms in total. The lowest BCUT2D eigenvalue weighted by atomic mass is 9.78. The van der Waals surface area contributed by atoms with E-state index in [-0.39, 0.29) is 17.4 Å². The molecule has 0 atom stereocenters. The number of nitrogens with one attached hydrogen (secondary N) is 1. The van der Waals surface area contributed by atoms with E-state index >= 15 is 0 Å². The largest absolute Gasteiger partial charge is 0.353 e. The molecule has 1 aliphatic carbocycles. The van der Waals surface area contributed by atoms with E-state index in [9.17, 15) is 4.79 Å². The lowest BCUT2D eigenvalue weighted by molar-refractivity contribution is -0.127. The van der Waals surface area contributed by atoms with Crippen LogP contribution in [0.1, 0.15) is 45.1 Å². The summed E-state index contributed by atoms with van der Waals surface area (Å²) in [5.74, 6) is 0.164. The fourth-order valence-corrected chi connectivity index (χ4v) is 2.92. The molecule has 0 bridgehead atoms. The molecule has 1 aromatic rings. The third-order valence-electron chi connectivity index (χ3n) is 3.71. The lowest BCUT2D eigenvalue weighted by Crippen LogP contribution is -2.45. The highest BCUT2D eigenvalue weighted by Gasteiger charge is 2.42. The molecule has 2 rings (SSSR count). The third-order valence-corrected chi connectivity index (χ3v) is 3.96. The van der Waals surface area contributed by atoms with Crippen LogP contribution in [0.4, 0.5) is 0 Å². The normalized spacial score (nSPS) is 18.0. The van der Waals surface area contributed by atoms with Crippen LogP contribution in [0, 0.1) is 0 Å². The van der Waals surface area contributed by atoms with Gasteiger partial charge in [-0.25, -0.2) is 0 Å². The molecule has 1 N–H and O–H groups in total. The predicted molar refractivity (Wildman–Crippen MR) is 74.9 cm³/mol. The van der Waals surface area contributed by atoms with E-state index in [1.54, 1.807) is 0 Å². The van der Waals surface area contributed by atoms with Gasteiger partial charge >= 0.3 is 0 Å². The summed E-state index contributed by atoms with van der Waals surface area (Å²) in [5.41, 5.74) is 0.761. The molecule has 0 spiro atoms. The van der Waals surface area contributed by atoms with Crippen molar-refractivity contribution < 1.29 is 4.79 Å². The Labute approximate surface area is 114 Å². The Bertz CT molecular complexity index is 419. The van der Waals surface area contributed by atoms with E-state index in [0.717, 1.165) is 36.3 Å². The van der Waals surface area contributed by atoms with Crippen molar-refractivity contribution in [2.24, 2.45) is 0 Å². The van der Waals surface area contributed by atoms with Gasteiger partial charge in [0, 0.05) is 11.1 Å². The quantitative estimate of drug-likeness (QED) is 0.888. The van der Waals surface area contributed by atoms with E-state index in [0.29, 0.717) is 0 Å². The Kier molecular flexibility index (Phi) is 3.96. The molecule has 0 aliphatic heterocycles. The highest BCUT2D eigenvalue weighted by molar-refractivity contribution is 6.30. The van der Waals surface area contributed by atoms with Gasteiger partial charge in [0.1, 0.15) is 0 Å². The summed E-state index contributed by atoms with van der Waals surface area (Å²) in [6, 6.07) is 7.92. The van der Waals surface area contributed by atoms with Crippen LogP contribution in [0.2, 0.25) is 5.02 Å². The fourth-order valence-electron chi connectivity index (χ4n) is 2.79. The van der Waals surface area contributed by atoms with Gasteiger partial charge in [-0.1, -0.05) is 36.6 Å². The average molecular weight is 266 g/mol. The Morgan fingerprint density at radius 2 is 1.78 bits per heavy atom. The second-order valence-electron chi connectivity index (χ2n) is 5.42. The van der Waals surface area contributed by atoms with E-state index < -0.39 is 0 Å². The molecule has 1 amide bonds. The first-order valence-corrected chi connectivity index (χ1v) is 6.99. The van der Waals surface area contributed by atoms with Crippen LogP contribution >= 0.6 is 11.6 Å². The minimum atomic E-state index is -0.338. The molecule has 1 saturated carbocycles. The van der Waals surface area contributed by atoms with Crippen LogP contribution in [0.3, 0.4) is 0 Å². The third kappa shape index (κ3) is 2.54. The minimum absolute atomic E-state index is 0.164. The van der Waals surface area contributed by atoms with Crippen molar-refractivity contribution in [3.8, 4) is 0 Å². The second kappa shape index (κ2) is 5.31. The van der Waals surface area contributed by atoms with Crippen LogP contribution < -0.4 is 5.32 Å². The monoisotopic (exact) mass is 265 g/mol. The topological polar surface area (TPSA) is 29.1 Å². The summed E-state index contributed by atoms with van der Waals surface area (Å²) in [7, 11) is 0. The molecular formula is C15H20ClNO. The highest BCUT2D eigenvalue weighted by atomic mass is 35.5. The number of carbonyl (C=O) groups is 1. The maximum atomic E-state index is 12.5.